The van der Waals surface area contributed by atoms with Gasteiger partial charge in [0.1, 0.15) is 17.2 Å². The van der Waals surface area contributed by atoms with E-state index in [4.69, 9.17) is 0 Å². The molecular formula is C22H27N9O3. The predicted molar refractivity (Wildman–Crippen MR) is 123 cm³/mol. The number of fused-ring (bicyclic) bond motifs is 1. The summed E-state index contributed by atoms with van der Waals surface area (Å²) in [6, 6.07) is 6.48. The van der Waals surface area contributed by atoms with Crippen molar-refractivity contribution < 1.29 is 14.7 Å². The van der Waals surface area contributed by atoms with Crippen LogP contribution in [0.5, 0.6) is 0 Å². The third-order valence-electron chi connectivity index (χ3n) is 5.79. The Hall–Kier alpha value is -3.93. The second-order valence-electron chi connectivity index (χ2n) is 8.15. The molecule has 34 heavy (non-hydrogen) atoms. The molecule has 0 saturated heterocycles. The highest BCUT2D eigenvalue weighted by molar-refractivity contribution is 6.02. The molecule has 0 aromatic carbocycles. The molecule has 1 aliphatic heterocycles. The summed E-state index contributed by atoms with van der Waals surface area (Å²) in [5, 5.41) is 23.7. The summed E-state index contributed by atoms with van der Waals surface area (Å²) < 4.78 is 1.47. The molecule has 0 fully saturated rings. The first-order chi connectivity index (χ1) is 16.4. The predicted octanol–water partition coefficient (Wildman–Crippen LogP) is 1.37. The average molecular weight is 466 g/mol. The van der Waals surface area contributed by atoms with E-state index >= 15 is 0 Å². The molecule has 0 aliphatic carbocycles. The van der Waals surface area contributed by atoms with Gasteiger partial charge >= 0.3 is 6.03 Å². The molecule has 178 valence electrons. The average Bonchev–Trinajstić information content (AvgIpc) is 3.37. The number of pyridine rings is 2. The molecule has 4 heterocycles. The maximum absolute atomic E-state index is 12.9. The van der Waals surface area contributed by atoms with Gasteiger partial charge in [-0.3, -0.25) is 9.78 Å². The normalized spacial score (nSPS) is 13.8. The molecule has 0 bridgehead atoms. The van der Waals surface area contributed by atoms with Gasteiger partial charge in [0.2, 0.25) is 5.82 Å². The highest BCUT2D eigenvalue weighted by atomic mass is 16.3. The first kappa shape index (κ1) is 23.2. The summed E-state index contributed by atoms with van der Waals surface area (Å²) in [7, 11) is 1.77. The van der Waals surface area contributed by atoms with Gasteiger partial charge in [-0.2, -0.15) is 0 Å². The smallest absolute Gasteiger partial charge is 0.320 e. The number of rotatable bonds is 6. The Balaban J connectivity index is 1.51. The van der Waals surface area contributed by atoms with Crippen LogP contribution >= 0.6 is 0 Å². The Bertz CT molecular complexity index is 1200. The van der Waals surface area contributed by atoms with Gasteiger partial charge in [-0.05, 0) is 60.0 Å². The molecule has 4 rings (SSSR count). The summed E-state index contributed by atoms with van der Waals surface area (Å²) in [5.74, 6) is 0.283. The van der Waals surface area contributed by atoms with Gasteiger partial charge in [0.25, 0.3) is 5.91 Å². The van der Waals surface area contributed by atoms with E-state index in [0.717, 1.165) is 11.1 Å². The Morgan fingerprint density at radius 2 is 2.12 bits per heavy atom. The van der Waals surface area contributed by atoms with Gasteiger partial charge in [-0.25, -0.2) is 14.5 Å². The van der Waals surface area contributed by atoms with Crippen molar-refractivity contribution in [1.29, 1.82) is 0 Å². The monoisotopic (exact) mass is 465 g/mol. The molecule has 1 aliphatic rings. The van der Waals surface area contributed by atoms with E-state index in [1.54, 1.807) is 54.2 Å². The Kier molecular flexibility index (Phi) is 6.77. The quantitative estimate of drug-likeness (QED) is 0.556. The zero-order chi connectivity index (χ0) is 24.2. The van der Waals surface area contributed by atoms with Crippen molar-refractivity contribution in [2.45, 2.75) is 32.9 Å². The molecule has 1 atom stereocenters. The summed E-state index contributed by atoms with van der Waals surface area (Å²) in [6.07, 6.45) is 2.39. The molecule has 3 aromatic heterocycles. The first-order valence-electron chi connectivity index (χ1n) is 11.1. The first-order valence-corrected chi connectivity index (χ1v) is 11.1. The fraction of sp³-hybridized carbons (Fsp3) is 0.409. The number of hydrogen-bond acceptors (Lipinski definition) is 8. The van der Waals surface area contributed by atoms with E-state index in [1.165, 1.54) is 4.68 Å². The standard InChI is InChI=1S/C22H27N9O3/c1-4-29(3)22(34)30-9-8-15-11-23-18(10-16(15)12-30)21(33)25-19-7-5-6-17(24-19)20-26-27-28-31(20)14(2)13-32/h5-7,10-11,14,32H,4,8-9,12-13H2,1-3H3,(H,24,25,33)/t14-/m1/s1. The second-order valence-corrected chi connectivity index (χ2v) is 8.15. The van der Waals surface area contributed by atoms with Crippen molar-refractivity contribution in [3.05, 3.63) is 47.3 Å². The van der Waals surface area contributed by atoms with Gasteiger partial charge in [0, 0.05) is 32.9 Å². The van der Waals surface area contributed by atoms with Crippen LogP contribution in [0.2, 0.25) is 0 Å². The number of anilines is 1. The van der Waals surface area contributed by atoms with Gasteiger partial charge in [-0.1, -0.05) is 6.07 Å². The highest BCUT2D eigenvalue weighted by Gasteiger charge is 2.24. The lowest BCUT2D eigenvalue weighted by Crippen LogP contribution is -2.43. The van der Waals surface area contributed by atoms with Crippen LogP contribution in [0.15, 0.2) is 30.5 Å². The van der Waals surface area contributed by atoms with Crippen molar-refractivity contribution >= 4 is 17.8 Å². The Morgan fingerprint density at radius 3 is 2.88 bits per heavy atom. The van der Waals surface area contributed by atoms with Crippen molar-refractivity contribution in [3.63, 3.8) is 0 Å². The summed E-state index contributed by atoms with van der Waals surface area (Å²) >= 11 is 0. The third-order valence-corrected chi connectivity index (χ3v) is 5.79. The Morgan fingerprint density at radius 1 is 1.29 bits per heavy atom. The number of aliphatic hydroxyl groups is 1. The minimum Gasteiger partial charge on any atom is -0.394 e. The maximum atomic E-state index is 12.9. The molecule has 3 aromatic rings. The summed E-state index contributed by atoms with van der Waals surface area (Å²) in [4.78, 5) is 37.6. The van der Waals surface area contributed by atoms with Crippen molar-refractivity contribution in [1.82, 2.24) is 40.0 Å². The number of nitrogens with zero attached hydrogens (tertiary/aromatic N) is 8. The lowest BCUT2D eigenvalue weighted by Gasteiger charge is -2.32. The van der Waals surface area contributed by atoms with E-state index in [1.807, 2.05) is 6.92 Å². The molecule has 0 saturated carbocycles. The fourth-order valence-electron chi connectivity index (χ4n) is 3.65. The highest BCUT2D eigenvalue weighted by Crippen LogP contribution is 2.22. The van der Waals surface area contributed by atoms with Crippen LogP contribution < -0.4 is 5.32 Å². The Labute approximate surface area is 196 Å². The SMILES string of the molecule is CCN(C)C(=O)N1CCc2cnc(C(=O)Nc3cccc(-c4nnnn4[C@H](C)CO)n3)cc2C1. The van der Waals surface area contributed by atoms with Gasteiger partial charge < -0.3 is 20.2 Å². The van der Waals surface area contributed by atoms with E-state index in [-0.39, 0.29) is 24.4 Å². The van der Waals surface area contributed by atoms with Crippen LogP contribution in [0, 0.1) is 0 Å². The zero-order valence-electron chi connectivity index (χ0n) is 19.3. The molecule has 0 unspecified atom stereocenters. The number of nitrogens with one attached hydrogen (secondary N) is 1. The van der Waals surface area contributed by atoms with E-state index < -0.39 is 5.91 Å². The minimum absolute atomic E-state index is 0.0326. The van der Waals surface area contributed by atoms with Crippen LogP contribution in [-0.2, 0) is 13.0 Å². The second kappa shape index (κ2) is 9.91. The molecule has 2 N–H and O–H groups in total. The van der Waals surface area contributed by atoms with E-state index in [9.17, 15) is 14.7 Å². The van der Waals surface area contributed by atoms with Crippen LogP contribution in [0.3, 0.4) is 0 Å². The van der Waals surface area contributed by atoms with Gasteiger partial charge in [-0.15, -0.1) is 5.10 Å². The number of aliphatic hydroxyl groups excluding tert-OH is 1. The van der Waals surface area contributed by atoms with E-state index in [0.29, 0.717) is 43.4 Å². The maximum Gasteiger partial charge on any atom is 0.320 e. The third kappa shape index (κ3) is 4.71. The van der Waals surface area contributed by atoms with Crippen LogP contribution in [0.25, 0.3) is 11.5 Å². The van der Waals surface area contributed by atoms with Gasteiger partial charge in [0.05, 0.1) is 12.6 Å². The van der Waals surface area contributed by atoms with Gasteiger partial charge in [0.15, 0.2) is 0 Å². The molecule has 12 heteroatoms. The topological polar surface area (TPSA) is 142 Å². The lowest BCUT2D eigenvalue weighted by molar-refractivity contribution is 0.102. The number of urea groups is 1. The van der Waals surface area contributed by atoms with E-state index in [2.05, 4.69) is 30.8 Å². The molecule has 0 radical (unpaired) electrons. The number of amides is 3. The number of carbonyl (C=O) groups excluding carboxylic acids is 2. The van der Waals surface area contributed by atoms with Crippen LogP contribution in [0.4, 0.5) is 10.6 Å². The summed E-state index contributed by atoms with van der Waals surface area (Å²) in [5.41, 5.74) is 2.63. The summed E-state index contributed by atoms with van der Waals surface area (Å²) in [6.45, 7) is 5.26. The number of carbonyl (C=O) groups is 2. The minimum atomic E-state index is -0.412. The number of tetrazole rings is 1. The lowest BCUT2D eigenvalue weighted by atomic mass is 10.0. The van der Waals surface area contributed by atoms with Crippen LogP contribution in [0.1, 0.15) is 41.5 Å². The molecule has 0 spiro atoms. The molecular weight excluding hydrogens is 438 g/mol. The number of aromatic nitrogens is 6. The van der Waals surface area contributed by atoms with Crippen molar-refractivity contribution in [3.8, 4) is 11.5 Å². The molecule has 12 nitrogen and oxygen atoms in total. The van der Waals surface area contributed by atoms with Crippen LogP contribution in [-0.4, -0.2) is 83.8 Å². The number of hydrogen-bond donors (Lipinski definition) is 2. The fourth-order valence-corrected chi connectivity index (χ4v) is 3.65. The zero-order valence-corrected chi connectivity index (χ0v) is 19.3. The largest absolute Gasteiger partial charge is 0.394 e. The van der Waals surface area contributed by atoms with Crippen molar-refractivity contribution in [2.24, 2.45) is 0 Å². The molecule has 3 amide bonds. The van der Waals surface area contributed by atoms with Crippen molar-refractivity contribution in [2.75, 3.05) is 32.1 Å².